The van der Waals surface area contributed by atoms with Crippen molar-refractivity contribution in [1.29, 1.82) is 0 Å². The van der Waals surface area contributed by atoms with Crippen LogP contribution in [0.4, 0.5) is 0 Å². The quantitative estimate of drug-likeness (QED) is 0.610. The Kier molecular flexibility index (Phi) is 4.82. The summed E-state index contributed by atoms with van der Waals surface area (Å²) in [5.74, 6) is 1.20. The van der Waals surface area contributed by atoms with E-state index in [1.807, 2.05) is 18.2 Å². The number of halogens is 1. The Morgan fingerprint density at radius 3 is 2.30 bits per heavy atom. The largest absolute Gasteiger partial charge is 0.496 e. The molecule has 0 radical (unpaired) electrons. The van der Waals surface area contributed by atoms with E-state index in [0.717, 1.165) is 5.56 Å². The van der Waals surface area contributed by atoms with E-state index in [1.54, 1.807) is 32.4 Å². The monoisotopic (exact) mass is 308 g/mol. The van der Waals surface area contributed by atoms with Crippen LogP contribution in [-0.2, 0) is 0 Å². The number of ketones is 1. The minimum Gasteiger partial charge on any atom is -0.496 e. The number of rotatable bonds is 5. The Morgan fingerprint density at radius 1 is 1.15 bits per heavy atom. The van der Waals surface area contributed by atoms with Gasteiger partial charge in [-0.2, -0.15) is 0 Å². The molecule has 1 aromatic carbocycles. The summed E-state index contributed by atoms with van der Waals surface area (Å²) in [5, 5.41) is 0. The lowest BCUT2D eigenvalue weighted by Gasteiger charge is -2.09. The first-order valence-corrected chi connectivity index (χ1v) is 7.04. The molecule has 3 nitrogen and oxygen atoms in total. The molecule has 0 atom stereocenters. The van der Waals surface area contributed by atoms with Gasteiger partial charge in [-0.15, -0.1) is 11.3 Å². The fourth-order valence-corrected chi connectivity index (χ4v) is 2.70. The number of hydrogen-bond acceptors (Lipinski definition) is 4. The number of carbonyl (C=O) groups excluding carboxylic acids is 1. The van der Waals surface area contributed by atoms with E-state index in [2.05, 4.69) is 0 Å². The minimum absolute atomic E-state index is 0.102. The molecule has 0 unspecified atom stereocenters. The highest BCUT2D eigenvalue weighted by Gasteiger charge is 2.09. The van der Waals surface area contributed by atoms with Gasteiger partial charge in [-0.25, -0.2) is 0 Å². The van der Waals surface area contributed by atoms with Crippen molar-refractivity contribution in [3.05, 3.63) is 51.2 Å². The predicted octanol–water partition coefficient (Wildman–Crippen LogP) is 4.31. The van der Waals surface area contributed by atoms with Gasteiger partial charge in [0.05, 0.1) is 29.0 Å². The Hall–Kier alpha value is -1.78. The molecule has 104 valence electrons. The molecular formula is C15H13ClO3S. The molecule has 0 saturated carbocycles. The number of allylic oxidation sites excluding steroid dienone is 1. The maximum absolute atomic E-state index is 12.0. The molecule has 0 fully saturated rings. The van der Waals surface area contributed by atoms with Crippen LogP contribution < -0.4 is 9.47 Å². The Labute approximate surface area is 126 Å². The normalized spacial score (nSPS) is 10.8. The highest BCUT2D eigenvalue weighted by molar-refractivity contribution is 7.18. The molecule has 0 saturated heterocycles. The van der Waals surface area contributed by atoms with Crippen LogP contribution in [0.3, 0.4) is 0 Å². The summed E-state index contributed by atoms with van der Waals surface area (Å²) in [7, 11) is 3.15. The lowest BCUT2D eigenvalue weighted by atomic mass is 10.1. The molecular weight excluding hydrogens is 296 g/mol. The molecule has 5 heteroatoms. The van der Waals surface area contributed by atoms with Crippen molar-refractivity contribution in [2.75, 3.05) is 14.2 Å². The second kappa shape index (κ2) is 6.59. The average molecular weight is 309 g/mol. The molecule has 0 aliphatic rings. The van der Waals surface area contributed by atoms with Crippen LogP contribution in [0.5, 0.6) is 11.5 Å². The van der Waals surface area contributed by atoms with Crippen molar-refractivity contribution in [1.82, 2.24) is 0 Å². The molecule has 0 amide bonds. The van der Waals surface area contributed by atoms with Crippen molar-refractivity contribution in [3.63, 3.8) is 0 Å². The second-order valence-electron chi connectivity index (χ2n) is 3.88. The van der Waals surface area contributed by atoms with Gasteiger partial charge in [-0.3, -0.25) is 4.79 Å². The van der Waals surface area contributed by atoms with Gasteiger partial charge < -0.3 is 9.47 Å². The topological polar surface area (TPSA) is 35.5 Å². The van der Waals surface area contributed by atoms with E-state index in [-0.39, 0.29) is 5.78 Å². The van der Waals surface area contributed by atoms with E-state index < -0.39 is 0 Å². The fraction of sp³-hybridized carbons (Fsp3) is 0.133. The smallest absolute Gasteiger partial charge is 0.195 e. The van der Waals surface area contributed by atoms with Crippen molar-refractivity contribution in [3.8, 4) is 11.5 Å². The third kappa shape index (κ3) is 3.21. The molecule has 0 aliphatic heterocycles. The first-order valence-electron chi connectivity index (χ1n) is 5.84. The van der Waals surface area contributed by atoms with Crippen molar-refractivity contribution in [2.24, 2.45) is 0 Å². The number of carbonyl (C=O) groups is 1. The molecule has 2 rings (SSSR count). The summed E-state index contributed by atoms with van der Waals surface area (Å²) >= 11 is 7.07. The van der Waals surface area contributed by atoms with Crippen LogP contribution in [-0.4, -0.2) is 20.0 Å². The molecule has 2 aromatic rings. The maximum Gasteiger partial charge on any atom is 0.195 e. The minimum atomic E-state index is -0.102. The van der Waals surface area contributed by atoms with Crippen LogP contribution in [0, 0.1) is 0 Å². The van der Waals surface area contributed by atoms with Crippen molar-refractivity contribution in [2.45, 2.75) is 0 Å². The van der Waals surface area contributed by atoms with Gasteiger partial charge >= 0.3 is 0 Å². The van der Waals surface area contributed by atoms with E-state index in [4.69, 9.17) is 21.1 Å². The lowest BCUT2D eigenvalue weighted by molar-refractivity contribution is 0.105. The molecule has 1 heterocycles. The number of benzene rings is 1. The number of methoxy groups -OCH3 is 2. The Balaban J connectivity index is 2.29. The van der Waals surface area contributed by atoms with E-state index in [1.165, 1.54) is 17.4 Å². The third-order valence-corrected chi connectivity index (χ3v) is 3.93. The van der Waals surface area contributed by atoms with Crippen LogP contribution >= 0.6 is 22.9 Å². The SMILES string of the molecule is COc1cccc(OC)c1/C=C\C(=O)c1ccc(Cl)s1. The Bertz CT molecular complexity index is 624. The van der Waals surface area contributed by atoms with Gasteiger partial charge in [0.15, 0.2) is 5.78 Å². The van der Waals surface area contributed by atoms with Crippen LogP contribution in [0.1, 0.15) is 15.2 Å². The van der Waals surface area contributed by atoms with Gasteiger partial charge in [0.1, 0.15) is 11.5 Å². The summed E-state index contributed by atoms with van der Waals surface area (Å²) < 4.78 is 11.1. The summed E-state index contributed by atoms with van der Waals surface area (Å²) in [6.45, 7) is 0. The first-order chi connectivity index (χ1) is 9.65. The summed E-state index contributed by atoms with van der Waals surface area (Å²) in [6, 6.07) is 8.87. The average Bonchev–Trinajstić information content (AvgIpc) is 2.90. The zero-order chi connectivity index (χ0) is 14.5. The van der Waals surface area contributed by atoms with Crippen LogP contribution in [0.2, 0.25) is 4.34 Å². The summed E-state index contributed by atoms with van der Waals surface area (Å²) in [5.41, 5.74) is 0.730. The zero-order valence-corrected chi connectivity index (χ0v) is 12.6. The molecule has 0 N–H and O–H groups in total. The van der Waals surface area contributed by atoms with E-state index >= 15 is 0 Å². The zero-order valence-electron chi connectivity index (χ0n) is 11.1. The van der Waals surface area contributed by atoms with E-state index in [9.17, 15) is 4.79 Å². The standard InChI is InChI=1S/C15H13ClO3S/c1-18-12-4-3-5-13(19-2)10(12)6-7-11(17)14-8-9-15(16)20-14/h3-9H,1-2H3/b7-6-. The maximum atomic E-state index is 12.0. The summed E-state index contributed by atoms with van der Waals surface area (Å²) in [4.78, 5) is 12.6. The second-order valence-corrected chi connectivity index (χ2v) is 5.59. The lowest BCUT2D eigenvalue weighted by Crippen LogP contribution is -1.93. The van der Waals surface area contributed by atoms with Crippen LogP contribution in [0.15, 0.2) is 36.4 Å². The van der Waals surface area contributed by atoms with Gasteiger partial charge in [0.2, 0.25) is 0 Å². The van der Waals surface area contributed by atoms with Crippen molar-refractivity contribution < 1.29 is 14.3 Å². The number of ether oxygens (including phenoxy) is 2. The van der Waals surface area contributed by atoms with Crippen molar-refractivity contribution >= 4 is 34.8 Å². The predicted molar refractivity (Wildman–Crippen MR) is 82.2 cm³/mol. The third-order valence-electron chi connectivity index (χ3n) is 2.68. The van der Waals surface area contributed by atoms with Gasteiger partial charge in [-0.05, 0) is 36.4 Å². The molecule has 0 bridgehead atoms. The molecule has 20 heavy (non-hydrogen) atoms. The highest BCUT2D eigenvalue weighted by Crippen LogP contribution is 2.30. The van der Waals surface area contributed by atoms with Gasteiger partial charge in [0, 0.05) is 0 Å². The number of thiophene rings is 1. The molecule has 0 spiro atoms. The molecule has 1 aromatic heterocycles. The highest BCUT2D eigenvalue weighted by atomic mass is 35.5. The van der Waals surface area contributed by atoms with E-state index in [0.29, 0.717) is 20.7 Å². The van der Waals surface area contributed by atoms with Crippen LogP contribution in [0.25, 0.3) is 6.08 Å². The Morgan fingerprint density at radius 2 is 1.80 bits per heavy atom. The fourth-order valence-electron chi connectivity index (χ4n) is 1.73. The number of hydrogen-bond donors (Lipinski definition) is 0. The first kappa shape index (κ1) is 14.6. The summed E-state index contributed by atoms with van der Waals surface area (Å²) in [6.07, 6.45) is 3.18. The molecule has 0 aliphatic carbocycles. The van der Waals surface area contributed by atoms with Gasteiger partial charge in [0.25, 0.3) is 0 Å². The van der Waals surface area contributed by atoms with Gasteiger partial charge in [-0.1, -0.05) is 17.7 Å².